The van der Waals surface area contributed by atoms with E-state index in [4.69, 9.17) is 4.74 Å². The maximum atomic E-state index is 7.75. The number of anilines is 6. The maximum absolute atomic E-state index is 7.75. The number of hydrogen-bond donors (Lipinski definition) is 0. The van der Waals surface area contributed by atoms with Gasteiger partial charge in [-0.05, 0) is 127 Å². The number of ether oxygens (including phenoxy) is 1. The smallest absolute Gasteiger partial charge is 0.140 e. The van der Waals surface area contributed by atoms with E-state index in [9.17, 15) is 0 Å². The van der Waals surface area contributed by atoms with Gasteiger partial charge in [-0.2, -0.15) is 0 Å². The van der Waals surface area contributed by atoms with Crippen molar-refractivity contribution in [3.8, 4) is 22.6 Å². The van der Waals surface area contributed by atoms with E-state index in [1.54, 1.807) is 0 Å². The molecule has 0 bridgehead atoms. The lowest BCUT2D eigenvalue weighted by molar-refractivity contribution is 0.451. The molecule has 14 rings (SSSR count). The zero-order chi connectivity index (χ0) is 44.8. The molecule has 0 aromatic heterocycles. The van der Waals surface area contributed by atoms with Gasteiger partial charge in [-0.3, -0.25) is 0 Å². The Morgan fingerprint density at radius 2 is 0.529 bits per heavy atom. The van der Waals surface area contributed by atoms with E-state index in [1.807, 2.05) is 0 Å². The minimum Gasteiger partial charge on any atom is -0.455 e. The summed E-state index contributed by atoms with van der Waals surface area (Å²) in [6, 6.07) is 93.0. The molecular formula is C65H42N2O. The van der Waals surface area contributed by atoms with Crippen molar-refractivity contribution in [2.45, 2.75) is 5.41 Å². The highest BCUT2D eigenvalue weighted by Gasteiger charge is 2.54. The second kappa shape index (κ2) is 15.1. The van der Waals surface area contributed by atoms with Crippen molar-refractivity contribution in [3.05, 3.63) is 277 Å². The molecule has 1 heterocycles. The molecule has 0 fully saturated rings. The van der Waals surface area contributed by atoms with Crippen LogP contribution < -0.4 is 14.5 Å². The summed E-state index contributed by atoms with van der Waals surface area (Å²) in [6.07, 6.45) is 0. The number of hydrogen-bond acceptors (Lipinski definition) is 3. The maximum Gasteiger partial charge on any atom is 0.140 e. The van der Waals surface area contributed by atoms with Gasteiger partial charge in [0.1, 0.15) is 11.5 Å². The summed E-state index contributed by atoms with van der Waals surface area (Å²) in [5.41, 5.74) is 12.8. The van der Waals surface area contributed by atoms with Crippen molar-refractivity contribution >= 4 is 77.2 Å². The Labute approximate surface area is 395 Å². The van der Waals surface area contributed by atoms with Gasteiger partial charge in [0.05, 0.1) is 5.41 Å². The zero-order valence-corrected chi connectivity index (χ0v) is 37.1. The van der Waals surface area contributed by atoms with E-state index in [1.165, 1.54) is 54.6 Å². The molecule has 0 saturated carbocycles. The van der Waals surface area contributed by atoms with Gasteiger partial charge in [-0.25, -0.2) is 0 Å². The van der Waals surface area contributed by atoms with Crippen molar-refractivity contribution in [1.29, 1.82) is 0 Å². The molecule has 0 unspecified atom stereocenters. The van der Waals surface area contributed by atoms with E-state index in [0.29, 0.717) is 0 Å². The van der Waals surface area contributed by atoms with Crippen molar-refractivity contribution in [3.63, 3.8) is 0 Å². The topological polar surface area (TPSA) is 15.7 Å². The molecule has 12 aromatic rings. The van der Waals surface area contributed by atoms with Crippen LogP contribution in [0, 0.1) is 0 Å². The molecule has 12 aromatic carbocycles. The van der Waals surface area contributed by atoms with Crippen LogP contribution in [-0.4, -0.2) is 0 Å². The van der Waals surface area contributed by atoms with Gasteiger partial charge in [0, 0.05) is 56.0 Å². The van der Waals surface area contributed by atoms with Crippen LogP contribution in [0.2, 0.25) is 0 Å². The Morgan fingerprint density at radius 1 is 0.250 bits per heavy atom. The number of rotatable bonds is 6. The van der Waals surface area contributed by atoms with Crippen molar-refractivity contribution in [2.24, 2.45) is 0 Å². The molecule has 2 aliphatic rings. The molecule has 1 aliphatic heterocycles. The lowest BCUT2D eigenvalue weighted by Gasteiger charge is -2.42. The Hall–Kier alpha value is -8.92. The average molecular weight is 867 g/mol. The fourth-order valence-electron chi connectivity index (χ4n) is 11.7. The monoisotopic (exact) mass is 866 g/mol. The molecule has 1 spiro atoms. The Kier molecular flexibility index (Phi) is 8.50. The van der Waals surface area contributed by atoms with Crippen molar-refractivity contribution in [1.82, 2.24) is 0 Å². The van der Waals surface area contributed by atoms with Gasteiger partial charge < -0.3 is 14.5 Å². The zero-order valence-electron chi connectivity index (χ0n) is 37.1. The number of nitrogens with zero attached hydrogens (tertiary/aromatic N) is 2. The first-order valence-electron chi connectivity index (χ1n) is 23.4. The van der Waals surface area contributed by atoms with Gasteiger partial charge in [0.2, 0.25) is 0 Å². The summed E-state index contributed by atoms with van der Waals surface area (Å²) in [6.45, 7) is 0. The Bertz CT molecular complexity index is 3610. The van der Waals surface area contributed by atoms with E-state index in [0.717, 1.165) is 67.5 Å². The fraction of sp³-hybridized carbons (Fsp3) is 0.0154. The summed E-state index contributed by atoms with van der Waals surface area (Å²) in [5.74, 6) is 1.79. The molecule has 0 saturated heterocycles. The quantitative estimate of drug-likeness (QED) is 0.155. The van der Waals surface area contributed by atoms with Crippen LogP contribution in [0.25, 0.3) is 54.2 Å². The molecule has 0 N–H and O–H groups in total. The third kappa shape index (κ3) is 5.47. The SMILES string of the molecule is c1ccc(N(c2ccccc2)c2ccc3c(c2)C2(c4cc(N(c5ccccc5)c5ccccc5)ccc4-3)c3c(c4ccccc4c4ccccc34)Oc3c2c2ccccc2c2ccccc32)cc1. The van der Waals surface area contributed by atoms with Gasteiger partial charge in [-0.15, -0.1) is 0 Å². The molecule has 1 aliphatic carbocycles. The molecule has 0 atom stereocenters. The summed E-state index contributed by atoms with van der Waals surface area (Å²) >= 11 is 0. The first kappa shape index (κ1) is 38.4. The summed E-state index contributed by atoms with van der Waals surface area (Å²) in [4.78, 5) is 4.79. The van der Waals surface area contributed by atoms with Gasteiger partial charge in [-0.1, -0.05) is 182 Å². The third-order valence-corrected chi connectivity index (χ3v) is 14.4. The van der Waals surface area contributed by atoms with E-state index < -0.39 is 5.41 Å². The van der Waals surface area contributed by atoms with Crippen LogP contribution in [-0.2, 0) is 5.41 Å². The number of fused-ring (bicyclic) bond motifs is 19. The molecule has 3 nitrogen and oxygen atoms in total. The van der Waals surface area contributed by atoms with E-state index in [-0.39, 0.29) is 0 Å². The predicted octanol–water partition coefficient (Wildman–Crippen LogP) is 17.7. The molecule has 0 amide bonds. The van der Waals surface area contributed by atoms with E-state index >= 15 is 0 Å². The highest BCUT2D eigenvalue weighted by molar-refractivity contribution is 6.19. The van der Waals surface area contributed by atoms with Crippen molar-refractivity contribution in [2.75, 3.05) is 9.80 Å². The molecule has 318 valence electrons. The van der Waals surface area contributed by atoms with Crippen LogP contribution in [0.5, 0.6) is 11.5 Å². The van der Waals surface area contributed by atoms with Crippen LogP contribution in [0.4, 0.5) is 34.1 Å². The fourth-order valence-corrected chi connectivity index (χ4v) is 11.7. The first-order chi connectivity index (χ1) is 33.8. The second-order valence-electron chi connectivity index (χ2n) is 17.9. The van der Waals surface area contributed by atoms with Gasteiger partial charge >= 0.3 is 0 Å². The highest BCUT2D eigenvalue weighted by Crippen LogP contribution is 2.68. The van der Waals surface area contributed by atoms with Crippen LogP contribution in [0.3, 0.4) is 0 Å². The molecule has 68 heavy (non-hydrogen) atoms. The van der Waals surface area contributed by atoms with Crippen LogP contribution in [0.15, 0.2) is 255 Å². The highest BCUT2D eigenvalue weighted by atomic mass is 16.5. The standard InChI is InChI=1S/C65H42N2O/c1-5-21-43(22-6-1)66(44-23-7-2-8-24-44)47-37-39-53-54-40-38-48(67(45-25-9-3-10-26-45)46-27-11-4-12-28-46)42-60(54)65(59(53)41-47)61-55-33-17-13-29-49(55)51-31-15-19-35-57(51)63(61)68-64-58-36-20-16-32-52(58)50-30-14-18-34-56(50)62(64)65/h1-42H. The minimum atomic E-state index is -0.884. The summed E-state index contributed by atoms with van der Waals surface area (Å²) < 4.78 is 7.75. The van der Waals surface area contributed by atoms with Crippen LogP contribution in [0.1, 0.15) is 22.3 Å². The van der Waals surface area contributed by atoms with Crippen molar-refractivity contribution < 1.29 is 4.74 Å². The average Bonchev–Trinajstić information content (AvgIpc) is 3.68. The molecule has 0 radical (unpaired) electrons. The molecule has 3 heteroatoms. The normalized spacial score (nSPS) is 12.9. The summed E-state index contributed by atoms with van der Waals surface area (Å²) in [5, 5.41) is 9.27. The minimum absolute atomic E-state index is 0.884. The lowest BCUT2D eigenvalue weighted by Crippen LogP contribution is -2.33. The molecular weight excluding hydrogens is 825 g/mol. The Balaban J connectivity index is 1.20. The first-order valence-corrected chi connectivity index (χ1v) is 23.4. The Morgan fingerprint density at radius 3 is 0.868 bits per heavy atom. The van der Waals surface area contributed by atoms with Crippen LogP contribution >= 0.6 is 0 Å². The third-order valence-electron chi connectivity index (χ3n) is 14.4. The van der Waals surface area contributed by atoms with Gasteiger partial charge in [0.25, 0.3) is 0 Å². The van der Waals surface area contributed by atoms with Gasteiger partial charge in [0.15, 0.2) is 0 Å². The van der Waals surface area contributed by atoms with E-state index in [2.05, 4.69) is 265 Å². The lowest BCUT2D eigenvalue weighted by atomic mass is 9.62. The number of para-hydroxylation sites is 4. The summed E-state index contributed by atoms with van der Waals surface area (Å²) in [7, 11) is 0. The predicted molar refractivity (Wildman–Crippen MR) is 283 cm³/mol. The largest absolute Gasteiger partial charge is 0.455 e. The number of benzene rings is 12. The second-order valence-corrected chi connectivity index (χ2v) is 17.9.